The molecule has 2 aromatic carbocycles. The van der Waals surface area contributed by atoms with E-state index in [0.29, 0.717) is 5.41 Å². The van der Waals surface area contributed by atoms with Crippen LogP contribution in [0.2, 0.25) is 0 Å². The molecule has 0 amide bonds. The van der Waals surface area contributed by atoms with Crippen LogP contribution in [-0.4, -0.2) is 24.3 Å². The summed E-state index contributed by atoms with van der Waals surface area (Å²) in [4.78, 5) is 9.05. The van der Waals surface area contributed by atoms with Gasteiger partial charge < -0.3 is 9.88 Å². The van der Waals surface area contributed by atoms with Crippen molar-refractivity contribution in [2.45, 2.75) is 52.0 Å². The average molecular weight is 521 g/mol. The summed E-state index contributed by atoms with van der Waals surface area (Å²) in [6.45, 7) is 3.34. The molecule has 0 spiro atoms. The molecule has 3 heterocycles. The van der Waals surface area contributed by atoms with Gasteiger partial charge in [-0.25, -0.2) is 9.97 Å². The molecule has 4 bridgehead atoms. The molecule has 9 rings (SSSR count). The smallest absolute Gasteiger partial charge is 0.188 e. The topological polar surface area (TPSA) is 60.6 Å². The molecule has 6 nitrogen and oxygen atoms in total. The Kier molecular flexibility index (Phi) is 5.06. The minimum Gasteiger partial charge on any atom is -0.332 e. The van der Waals surface area contributed by atoms with Gasteiger partial charge in [0.1, 0.15) is 0 Å². The van der Waals surface area contributed by atoms with E-state index in [9.17, 15) is 0 Å². The number of benzene rings is 2. The summed E-state index contributed by atoms with van der Waals surface area (Å²) in [5, 5.41) is 9.37. The molecule has 0 aliphatic heterocycles. The minimum absolute atomic E-state index is 0.476. The zero-order valence-corrected chi connectivity index (χ0v) is 22.5. The molecule has 4 fully saturated rings. The summed E-state index contributed by atoms with van der Waals surface area (Å²) < 4.78 is 5.53. The Balaban J connectivity index is 1.06. The molecule has 5 aromatic rings. The summed E-state index contributed by atoms with van der Waals surface area (Å²) in [7, 11) is 0. The summed E-state index contributed by atoms with van der Waals surface area (Å²) in [5.74, 6) is 2.90. The van der Waals surface area contributed by atoms with E-state index in [1.807, 2.05) is 17.1 Å². The Morgan fingerprint density at radius 3 is 2.45 bits per heavy atom. The Bertz CT molecular complexity index is 1570. The molecule has 4 aliphatic rings. The lowest BCUT2D eigenvalue weighted by Gasteiger charge is -2.56. The lowest BCUT2D eigenvalue weighted by Crippen LogP contribution is -2.48. The normalized spacial score (nSPS) is 25.9. The van der Waals surface area contributed by atoms with Crippen molar-refractivity contribution in [3.63, 3.8) is 0 Å². The van der Waals surface area contributed by atoms with Crippen molar-refractivity contribution in [2.24, 2.45) is 23.2 Å². The maximum Gasteiger partial charge on any atom is 0.188 e. The summed E-state index contributed by atoms with van der Waals surface area (Å²) >= 11 is 1.71. The van der Waals surface area contributed by atoms with Crippen LogP contribution in [0.4, 0.5) is 10.8 Å². The lowest BCUT2D eigenvalue weighted by atomic mass is 9.49. The molecule has 4 aliphatic carbocycles. The van der Waals surface area contributed by atoms with Crippen molar-refractivity contribution in [1.82, 2.24) is 24.3 Å². The summed E-state index contributed by atoms with van der Waals surface area (Å²) in [6, 6.07) is 14.8. The molecule has 4 saturated carbocycles. The standard InChI is InChI=1S/C31H32N6S/c1-20-27(17-33-37(20)18-31-14-21-11-22(15-31)13-23(12-21)16-31)26-3-2-4-28-29(26)38-30(35-28)34-24-5-7-25(8-6-24)36-10-9-32-19-36/h2-10,17,19,21-23H,11-16,18H2,1H3,(H,34,35). The predicted molar refractivity (Wildman–Crippen MR) is 153 cm³/mol. The first kappa shape index (κ1) is 22.5. The second-order valence-corrected chi connectivity index (χ2v) is 13.0. The number of hydrogen-bond donors (Lipinski definition) is 1. The fourth-order valence-electron chi connectivity index (χ4n) is 8.14. The quantitative estimate of drug-likeness (QED) is 0.250. The molecular weight excluding hydrogens is 488 g/mol. The first-order chi connectivity index (χ1) is 18.6. The molecule has 0 unspecified atom stereocenters. The second kappa shape index (κ2) is 8.53. The Morgan fingerprint density at radius 1 is 0.974 bits per heavy atom. The van der Waals surface area contributed by atoms with Crippen molar-refractivity contribution in [3.8, 4) is 16.8 Å². The molecule has 7 heteroatoms. The first-order valence-corrected chi connectivity index (χ1v) is 14.7. The van der Waals surface area contributed by atoms with Gasteiger partial charge in [-0.3, -0.25) is 4.68 Å². The maximum atomic E-state index is 4.96. The van der Waals surface area contributed by atoms with Crippen LogP contribution in [-0.2, 0) is 6.54 Å². The van der Waals surface area contributed by atoms with Gasteiger partial charge in [-0.2, -0.15) is 5.10 Å². The monoisotopic (exact) mass is 520 g/mol. The predicted octanol–water partition coefficient (Wildman–Crippen LogP) is 7.61. The van der Waals surface area contributed by atoms with E-state index >= 15 is 0 Å². The molecule has 38 heavy (non-hydrogen) atoms. The maximum absolute atomic E-state index is 4.96. The van der Waals surface area contributed by atoms with Crippen LogP contribution in [0.3, 0.4) is 0 Å². The minimum atomic E-state index is 0.476. The number of rotatable bonds is 6. The largest absolute Gasteiger partial charge is 0.332 e. The van der Waals surface area contributed by atoms with E-state index in [4.69, 9.17) is 10.1 Å². The van der Waals surface area contributed by atoms with E-state index < -0.39 is 0 Å². The SMILES string of the molecule is Cc1c(-c2cccc3nc(Nc4ccc(-n5ccnc5)cc4)sc23)cnn1CC12CC3CC(CC(C3)C1)C2. The highest BCUT2D eigenvalue weighted by Gasteiger charge is 2.51. The highest BCUT2D eigenvalue weighted by Crippen LogP contribution is 2.60. The van der Waals surface area contributed by atoms with Gasteiger partial charge >= 0.3 is 0 Å². The van der Waals surface area contributed by atoms with Gasteiger partial charge in [0.25, 0.3) is 0 Å². The van der Waals surface area contributed by atoms with Crippen molar-refractivity contribution < 1.29 is 0 Å². The van der Waals surface area contributed by atoms with Crippen molar-refractivity contribution in [1.29, 1.82) is 0 Å². The fraction of sp³-hybridized carbons (Fsp3) is 0.387. The number of nitrogens with zero attached hydrogens (tertiary/aromatic N) is 5. The molecule has 0 saturated heterocycles. The van der Waals surface area contributed by atoms with Crippen molar-refractivity contribution >= 4 is 32.4 Å². The number of imidazole rings is 1. The molecule has 1 N–H and O–H groups in total. The molecule has 3 aromatic heterocycles. The van der Waals surface area contributed by atoms with Crippen molar-refractivity contribution in [2.75, 3.05) is 5.32 Å². The summed E-state index contributed by atoms with van der Waals surface area (Å²) in [6.07, 6.45) is 16.3. The third kappa shape index (κ3) is 3.78. The van der Waals surface area contributed by atoms with E-state index in [-0.39, 0.29) is 0 Å². The van der Waals surface area contributed by atoms with Gasteiger partial charge in [0.15, 0.2) is 5.13 Å². The van der Waals surface area contributed by atoms with Gasteiger partial charge in [0.2, 0.25) is 0 Å². The van der Waals surface area contributed by atoms with Gasteiger partial charge in [-0.1, -0.05) is 23.5 Å². The number of hydrogen-bond acceptors (Lipinski definition) is 5. The highest BCUT2D eigenvalue weighted by atomic mass is 32.1. The number of nitrogens with one attached hydrogen (secondary N) is 1. The highest BCUT2D eigenvalue weighted by molar-refractivity contribution is 7.22. The molecule has 0 atom stereocenters. The molecule has 192 valence electrons. The zero-order chi connectivity index (χ0) is 25.3. The van der Waals surface area contributed by atoms with Gasteiger partial charge in [-0.05, 0) is 98.9 Å². The number of fused-ring (bicyclic) bond motifs is 1. The second-order valence-electron chi connectivity index (χ2n) is 12.0. The van der Waals surface area contributed by atoms with Gasteiger partial charge in [-0.15, -0.1) is 0 Å². The number of aromatic nitrogens is 5. The lowest BCUT2D eigenvalue weighted by molar-refractivity contribution is -0.0638. The van der Waals surface area contributed by atoms with E-state index in [0.717, 1.165) is 46.3 Å². The third-order valence-corrected chi connectivity index (χ3v) is 10.4. The number of anilines is 2. The van der Waals surface area contributed by atoms with Crippen LogP contribution in [0, 0.1) is 30.1 Å². The van der Waals surface area contributed by atoms with Gasteiger partial charge in [0, 0.05) is 47.1 Å². The van der Waals surface area contributed by atoms with Crippen LogP contribution >= 0.6 is 11.3 Å². The van der Waals surface area contributed by atoms with Crippen LogP contribution in [0.5, 0.6) is 0 Å². The van der Waals surface area contributed by atoms with E-state index in [1.165, 1.54) is 60.0 Å². The average Bonchev–Trinajstić information content (AvgIpc) is 3.64. The van der Waals surface area contributed by atoms with Crippen molar-refractivity contribution in [3.05, 3.63) is 73.1 Å². The van der Waals surface area contributed by atoms with Crippen LogP contribution in [0.1, 0.15) is 44.2 Å². The number of thiazole rings is 1. The molecular formula is C31H32N6S. The van der Waals surface area contributed by atoms with Crippen LogP contribution < -0.4 is 5.32 Å². The first-order valence-electron chi connectivity index (χ1n) is 13.9. The van der Waals surface area contributed by atoms with Crippen LogP contribution in [0.25, 0.3) is 27.0 Å². The third-order valence-electron chi connectivity index (χ3n) is 9.38. The van der Waals surface area contributed by atoms with E-state index in [1.54, 1.807) is 17.5 Å². The fourth-order valence-corrected chi connectivity index (χ4v) is 9.15. The Morgan fingerprint density at radius 2 is 1.74 bits per heavy atom. The molecule has 0 radical (unpaired) electrons. The summed E-state index contributed by atoms with van der Waals surface area (Å²) in [5.41, 5.74) is 7.36. The van der Waals surface area contributed by atoms with Gasteiger partial charge in [0.05, 0.1) is 22.7 Å². The Hall–Kier alpha value is -3.45. The Labute approximate surface area is 226 Å². The van der Waals surface area contributed by atoms with Crippen LogP contribution in [0.15, 0.2) is 67.4 Å². The van der Waals surface area contributed by atoms with E-state index in [2.05, 4.69) is 70.6 Å². The zero-order valence-electron chi connectivity index (χ0n) is 21.7.